The number of benzene rings is 1. The number of thiazole rings is 1. The van der Waals surface area contributed by atoms with E-state index in [9.17, 15) is 4.39 Å². The quantitative estimate of drug-likeness (QED) is 0.763. The van der Waals surface area contributed by atoms with Crippen LogP contribution in [-0.4, -0.2) is 4.98 Å². The number of nitrogens with zero attached hydrogens (tertiary/aromatic N) is 1. The van der Waals surface area contributed by atoms with Gasteiger partial charge in [0.2, 0.25) is 0 Å². The molecule has 0 aliphatic heterocycles. The molecular weight excluding hydrogens is 268 g/mol. The highest BCUT2D eigenvalue weighted by molar-refractivity contribution is 7.11. The minimum Gasteiger partial charge on any atom is -0.249 e. The minimum atomic E-state index is -0.325. The van der Waals surface area contributed by atoms with E-state index in [1.54, 1.807) is 23.6 Å². The lowest BCUT2D eigenvalue weighted by molar-refractivity contribution is 0.627. The lowest BCUT2D eigenvalue weighted by Gasteiger charge is -2.01. The van der Waals surface area contributed by atoms with Crippen molar-refractivity contribution < 1.29 is 4.39 Å². The van der Waals surface area contributed by atoms with Crippen molar-refractivity contribution in [2.75, 3.05) is 0 Å². The molecule has 0 spiro atoms. The topological polar surface area (TPSA) is 12.9 Å². The van der Waals surface area contributed by atoms with E-state index >= 15 is 0 Å². The van der Waals surface area contributed by atoms with Gasteiger partial charge in [0.05, 0.1) is 10.9 Å². The molecule has 0 unspecified atom stereocenters. The molecule has 0 fully saturated rings. The van der Waals surface area contributed by atoms with E-state index in [2.05, 4.69) is 4.98 Å². The first-order valence-corrected chi connectivity index (χ1v) is 6.35. The van der Waals surface area contributed by atoms with Gasteiger partial charge in [-0.05, 0) is 17.7 Å². The van der Waals surface area contributed by atoms with Crippen LogP contribution in [-0.2, 0) is 12.3 Å². The van der Waals surface area contributed by atoms with Crippen LogP contribution in [0.15, 0.2) is 24.4 Å². The van der Waals surface area contributed by atoms with Crippen molar-refractivity contribution in [3.05, 3.63) is 50.7 Å². The molecule has 1 nitrogen and oxygen atoms in total. The molecule has 1 aromatic carbocycles. The number of rotatable bonds is 3. The molecule has 2 rings (SSSR count). The van der Waals surface area contributed by atoms with E-state index in [0.717, 1.165) is 15.4 Å². The fraction of sp³-hybridized carbons (Fsp3) is 0.182. The Morgan fingerprint density at radius 1 is 1.38 bits per heavy atom. The van der Waals surface area contributed by atoms with Gasteiger partial charge in [-0.15, -0.1) is 22.9 Å². The Labute approximate surface area is 107 Å². The van der Waals surface area contributed by atoms with Crippen molar-refractivity contribution in [3.8, 4) is 0 Å². The molecule has 5 heteroatoms. The molecule has 0 aliphatic rings. The highest BCUT2D eigenvalue weighted by Crippen LogP contribution is 2.23. The second-order valence-electron chi connectivity index (χ2n) is 3.27. The van der Waals surface area contributed by atoms with E-state index in [-0.39, 0.29) is 5.82 Å². The average molecular weight is 276 g/mol. The van der Waals surface area contributed by atoms with Gasteiger partial charge < -0.3 is 0 Å². The number of hydrogen-bond acceptors (Lipinski definition) is 2. The summed E-state index contributed by atoms with van der Waals surface area (Å²) in [6.45, 7) is 0. The van der Waals surface area contributed by atoms with E-state index in [1.807, 2.05) is 0 Å². The molecule has 0 aliphatic carbocycles. The van der Waals surface area contributed by atoms with Crippen LogP contribution >= 0.6 is 34.5 Å². The lowest BCUT2D eigenvalue weighted by atomic mass is 10.1. The van der Waals surface area contributed by atoms with Crippen molar-refractivity contribution >= 4 is 34.5 Å². The average Bonchev–Trinajstić information content (AvgIpc) is 2.70. The summed E-state index contributed by atoms with van der Waals surface area (Å²) in [6, 6.07) is 4.39. The maximum absolute atomic E-state index is 12.8. The monoisotopic (exact) mass is 275 g/mol. The van der Waals surface area contributed by atoms with Crippen LogP contribution in [0, 0.1) is 5.82 Å². The molecule has 0 amide bonds. The van der Waals surface area contributed by atoms with Crippen molar-refractivity contribution in [1.82, 2.24) is 4.98 Å². The Hall–Kier alpha value is -0.640. The Morgan fingerprint density at radius 3 is 2.81 bits per heavy atom. The van der Waals surface area contributed by atoms with Crippen LogP contribution in [0.1, 0.15) is 15.4 Å². The third-order valence-electron chi connectivity index (χ3n) is 2.09. The summed E-state index contributed by atoms with van der Waals surface area (Å²) in [7, 11) is 0. The zero-order valence-corrected chi connectivity index (χ0v) is 10.5. The number of aromatic nitrogens is 1. The predicted octanol–water partition coefficient (Wildman–Crippen LogP) is 4.27. The van der Waals surface area contributed by atoms with Crippen LogP contribution < -0.4 is 0 Å². The van der Waals surface area contributed by atoms with E-state index < -0.39 is 0 Å². The first-order chi connectivity index (χ1) is 7.69. The summed E-state index contributed by atoms with van der Waals surface area (Å²) < 4.78 is 12.8. The highest BCUT2D eigenvalue weighted by Gasteiger charge is 2.06. The SMILES string of the molecule is Fc1ccc(Cc2ncc(CCl)s2)c(Cl)c1. The molecule has 1 heterocycles. The van der Waals surface area contributed by atoms with Gasteiger partial charge in [0, 0.05) is 22.5 Å². The fourth-order valence-corrected chi connectivity index (χ4v) is 2.58. The van der Waals surface area contributed by atoms with Gasteiger partial charge in [0.25, 0.3) is 0 Å². The Balaban J connectivity index is 2.20. The van der Waals surface area contributed by atoms with Gasteiger partial charge >= 0.3 is 0 Å². The maximum Gasteiger partial charge on any atom is 0.124 e. The smallest absolute Gasteiger partial charge is 0.124 e. The molecule has 16 heavy (non-hydrogen) atoms. The minimum absolute atomic E-state index is 0.325. The van der Waals surface area contributed by atoms with Gasteiger partial charge in [-0.1, -0.05) is 17.7 Å². The van der Waals surface area contributed by atoms with Gasteiger partial charge in [-0.3, -0.25) is 0 Å². The second kappa shape index (κ2) is 5.13. The van der Waals surface area contributed by atoms with Crippen molar-refractivity contribution in [2.45, 2.75) is 12.3 Å². The van der Waals surface area contributed by atoms with Gasteiger partial charge in [0.15, 0.2) is 0 Å². The largest absolute Gasteiger partial charge is 0.249 e. The summed E-state index contributed by atoms with van der Waals surface area (Å²) >= 11 is 13.2. The summed E-state index contributed by atoms with van der Waals surface area (Å²) in [5.41, 5.74) is 0.874. The number of halogens is 3. The molecule has 84 valence electrons. The Bertz CT molecular complexity index is 498. The van der Waals surface area contributed by atoms with Crippen LogP contribution in [0.3, 0.4) is 0 Å². The second-order valence-corrected chi connectivity index (χ2v) is 5.14. The zero-order chi connectivity index (χ0) is 11.5. The van der Waals surface area contributed by atoms with Crippen molar-refractivity contribution in [2.24, 2.45) is 0 Å². The van der Waals surface area contributed by atoms with Crippen LogP contribution in [0.5, 0.6) is 0 Å². The van der Waals surface area contributed by atoms with Gasteiger partial charge in [0.1, 0.15) is 5.82 Å². The summed E-state index contributed by atoms with van der Waals surface area (Å²) in [6.07, 6.45) is 2.37. The van der Waals surface area contributed by atoms with Crippen LogP contribution in [0.25, 0.3) is 0 Å². The molecule has 0 saturated carbocycles. The van der Waals surface area contributed by atoms with E-state index in [4.69, 9.17) is 23.2 Å². The lowest BCUT2D eigenvalue weighted by Crippen LogP contribution is -1.89. The van der Waals surface area contributed by atoms with Gasteiger partial charge in [-0.2, -0.15) is 0 Å². The normalized spacial score (nSPS) is 10.7. The fourth-order valence-electron chi connectivity index (χ4n) is 1.32. The summed E-state index contributed by atoms with van der Waals surface area (Å²) in [4.78, 5) is 5.25. The molecule has 2 aromatic rings. The zero-order valence-electron chi connectivity index (χ0n) is 8.21. The molecule has 1 aromatic heterocycles. The number of alkyl halides is 1. The maximum atomic E-state index is 12.8. The third kappa shape index (κ3) is 2.73. The van der Waals surface area contributed by atoms with Gasteiger partial charge in [-0.25, -0.2) is 9.37 Å². The predicted molar refractivity (Wildman–Crippen MR) is 65.9 cm³/mol. The summed E-state index contributed by atoms with van der Waals surface area (Å²) in [5, 5.41) is 1.37. The number of hydrogen-bond donors (Lipinski definition) is 0. The van der Waals surface area contributed by atoms with Crippen molar-refractivity contribution in [1.29, 1.82) is 0 Å². The van der Waals surface area contributed by atoms with Crippen molar-refractivity contribution in [3.63, 3.8) is 0 Å². The molecule has 0 N–H and O–H groups in total. The van der Waals surface area contributed by atoms with Crippen LogP contribution in [0.2, 0.25) is 5.02 Å². The molecule has 0 saturated heterocycles. The molecule has 0 atom stereocenters. The highest BCUT2D eigenvalue weighted by atomic mass is 35.5. The van der Waals surface area contributed by atoms with Crippen LogP contribution in [0.4, 0.5) is 4.39 Å². The first-order valence-electron chi connectivity index (χ1n) is 4.62. The third-order valence-corrected chi connectivity index (χ3v) is 3.89. The summed E-state index contributed by atoms with van der Waals surface area (Å²) in [5.74, 6) is 0.142. The first kappa shape index (κ1) is 11.8. The van der Waals surface area contributed by atoms with E-state index in [0.29, 0.717) is 17.3 Å². The Kier molecular flexibility index (Phi) is 3.79. The van der Waals surface area contributed by atoms with E-state index in [1.165, 1.54) is 12.1 Å². The molecule has 0 radical (unpaired) electrons. The Morgan fingerprint density at radius 2 is 2.19 bits per heavy atom. The standard InChI is InChI=1S/C11H8Cl2FNS/c12-5-9-6-15-11(16-9)3-7-1-2-8(14)4-10(7)13/h1-2,4,6H,3,5H2. The molecular formula is C11H8Cl2FNS. The molecule has 0 bridgehead atoms.